The van der Waals surface area contributed by atoms with Gasteiger partial charge in [0.2, 0.25) is 0 Å². The van der Waals surface area contributed by atoms with Crippen molar-refractivity contribution < 1.29 is 18.3 Å². The van der Waals surface area contributed by atoms with E-state index in [1.54, 1.807) is 6.92 Å². The number of alkyl halides is 2. The van der Waals surface area contributed by atoms with Crippen LogP contribution >= 0.6 is 11.6 Å². The molecule has 0 saturated carbocycles. The van der Waals surface area contributed by atoms with Crippen LogP contribution in [-0.4, -0.2) is 33.8 Å². The molecule has 0 spiro atoms. The van der Waals surface area contributed by atoms with E-state index >= 15 is 0 Å². The third kappa shape index (κ3) is 4.14. The third-order valence-electron chi connectivity index (χ3n) is 2.60. The minimum absolute atomic E-state index is 0.176. The Morgan fingerprint density at radius 2 is 2.27 bits per heavy atom. The lowest BCUT2D eigenvalue weighted by Gasteiger charge is -2.09. The molecule has 0 atom stereocenters. The van der Waals surface area contributed by atoms with Gasteiger partial charge in [0, 0.05) is 12.4 Å². The fourth-order valence-electron chi connectivity index (χ4n) is 1.73. The Labute approximate surface area is 130 Å². The van der Waals surface area contributed by atoms with E-state index in [4.69, 9.17) is 16.3 Å². The number of ether oxygens (including phenoxy) is 1. The Bertz CT molecular complexity index is 663. The summed E-state index contributed by atoms with van der Waals surface area (Å²) in [5.41, 5.74) is 0.983. The van der Waals surface area contributed by atoms with Crippen LogP contribution in [0.3, 0.4) is 0 Å². The van der Waals surface area contributed by atoms with E-state index in [-0.39, 0.29) is 17.3 Å². The minimum Gasteiger partial charge on any atom is -0.462 e. The highest BCUT2D eigenvalue weighted by Gasteiger charge is 2.15. The summed E-state index contributed by atoms with van der Waals surface area (Å²) in [5, 5.41) is 6.86. The van der Waals surface area contributed by atoms with Gasteiger partial charge in [-0.05, 0) is 13.0 Å². The molecule has 0 aliphatic rings. The van der Waals surface area contributed by atoms with Gasteiger partial charge in [-0.1, -0.05) is 11.6 Å². The van der Waals surface area contributed by atoms with E-state index < -0.39 is 18.9 Å². The molecule has 118 valence electrons. The van der Waals surface area contributed by atoms with Crippen LogP contribution in [-0.2, 0) is 11.3 Å². The van der Waals surface area contributed by atoms with Crippen molar-refractivity contribution in [2.24, 2.45) is 0 Å². The lowest BCUT2D eigenvalue weighted by atomic mass is 10.2. The molecule has 0 unspecified atom stereocenters. The molecule has 0 radical (unpaired) electrons. The third-order valence-corrected chi connectivity index (χ3v) is 2.81. The fraction of sp³-hybridized carbons (Fsp3) is 0.308. The topological polar surface area (TPSA) is 69.0 Å². The molecule has 9 heteroatoms. The summed E-state index contributed by atoms with van der Waals surface area (Å²) in [5.74, 6) is -0.561. The number of aromatic nitrogens is 3. The summed E-state index contributed by atoms with van der Waals surface area (Å²) in [6.45, 7) is 1.39. The predicted molar refractivity (Wildman–Crippen MR) is 76.7 cm³/mol. The first kappa shape index (κ1) is 16.2. The average Bonchev–Trinajstić information content (AvgIpc) is 2.85. The molecule has 2 aromatic rings. The van der Waals surface area contributed by atoms with Gasteiger partial charge in [0.1, 0.15) is 17.3 Å². The second-order valence-electron chi connectivity index (χ2n) is 4.24. The predicted octanol–water partition coefficient (Wildman–Crippen LogP) is 3.12. The number of nitrogens with zero attached hydrogens (tertiary/aromatic N) is 3. The monoisotopic (exact) mass is 330 g/mol. The van der Waals surface area contributed by atoms with E-state index in [1.807, 2.05) is 0 Å². The van der Waals surface area contributed by atoms with Crippen molar-refractivity contribution in [2.45, 2.75) is 19.9 Å². The summed E-state index contributed by atoms with van der Waals surface area (Å²) in [6, 6.07) is 1.44. The van der Waals surface area contributed by atoms with Gasteiger partial charge in [0.05, 0.1) is 24.2 Å². The molecule has 1 N–H and O–H groups in total. The van der Waals surface area contributed by atoms with Gasteiger partial charge in [-0.3, -0.25) is 4.68 Å². The normalized spacial score (nSPS) is 10.8. The number of hydrogen-bond donors (Lipinski definition) is 1. The SMILES string of the molecule is CCOC(=O)c1cnc(Cl)cc1Nc1cnn(CC(F)F)c1. The molecule has 6 nitrogen and oxygen atoms in total. The Hall–Kier alpha value is -2.22. The van der Waals surface area contributed by atoms with E-state index in [1.165, 1.54) is 24.7 Å². The van der Waals surface area contributed by atoms with Crippen molar-refractivity contribution in [3.8, 4) is 0 Å². The van der Waals surface area contributed by atoms with Gasteiger partial charge >= 0.3 is 5.97 Å². The van der Waals surface area contributed by atoms with Crippen LogP contribution in [0.25, 0.3) is 0 Å². The van der Waals surface area contributed by atoms with Gasteiger partial charge in [-0.25, -0.2) is 18.6 Å². The number of esters is 1. The average molecular weight is 331 g/mol. The molecule has 0 aliphatic carbocycles. The van der Waals surface area contributed by atoms with Crippen LogP contribution in [0.2, 0.25) is 5.15 Å². The Balaban J connectivity index is 2.22. The van der Waals surface area contributed by atoms with Gasteiger partial charge < -0.3 is 10.1 Å². The van der Waals surface area contributed by atoms with Gasteiger partial charge in [0.25, 0.3) is 6.43 Å². The van der Waals surface area contributed by atoms with E-state index in [9.17, 15) is 13.6 Å². The molecule has 22 heavy (non-hydrogen) atoms. The number of hydrogen-bond acceptors (Lipinski definition) is 5. The molecule has 2 rings (SSSR count). The Morgan fingerprint density at radius 3 is 2.95 bits per heavy atom. The highest BCUT2D eigenvalue weighted by Crippen LogP contribution is 2.23. The summed E-state index contributed by atoms with van der Waals surface area (Å²) in [7, 11) is 0. The number of rotatable bonds is 6. The van der Waals surface area contributed by atoms with Crippen molar-refractivity contribution in [1.29, 1.82) is 0 Å². The van der Waals surface area contributed by atoms with Crippen molar-refractivity contribution in [3.05, 3.63) is 35.4 Å². The van der Waals surface area contributed by atoms with Crippen LogP contribution in [0.1, 0.15) is 17.3 Å². The standard InChI is InChI=1S/C13H13ClF2N4O2/c1-2-22-13(21)9-5-17-11(14)3-10(9)19-8-4-18-20(6-8)7-12(15)16/h3-6,12H,2,7H2,1H3,(H,17,19). The summed E-state index contributed by atoms with van der Waals surface area (Å²) in [6.07, 6.45) is 1.55. The number of anilines is 2. The molecule has 0 aromatic carbocycles. The molecule has 0 fully saturated rings. The fourth-order valence-corrected chi connectivity index (χ4v) is 1.89. The molecule has 0 bridgehead atoms. The quantitative estimate of drug-likeness (QED) is 0.651. The van der Waals surface area contributed by atoms with E-state index in [2.05, 4.69) is 15.4 Å². The summed E-state index contributed by atoms with van der Waals surface area (Å²) < 4.78 is 30.6. The maximum absolute atomic E-state index is 12.3. The molecule has 0 amide bonds. The van der Waals surface area contributed by atoms with Gasteiger partial charge in [0.15, 0.2) is 0 Å². The largest absolute Gasteiger partial charge is 0.462 e. The van der Waals surface area contributed by atoms with Crippen LogP contribution in [0.15, 0.2) is 24.7 Å². The van der Waals surface area contributed by atoms with Gasteiger partial charge in [-0.2, -0.15) is 5.10 Å². The number of halogens is 3. The van der Waals surface area contributed by atoms with Gasteiger partial charge in [-0.15, -0.1) is 0 Å². The van der Waals surface area contributed by atoms with Crippen molar-refractivity contribution in [3.63, 3.8) is 0 Å². The zero-order valence-electron chi connectivity index (χ0n) is 11.6. The highest BCUT2D eigenvalue weighted by atomic mass is 35.5. The molecule has 0 aliphatic heterocycles. The summed E-state index contributed by atoms with van der Waals surface area (Å²) in [4.78, 5) is 15.7. The highest BCUT2D eigenvalue weighted by molar-refractivity contribution is 6.29. The van der Waals surface area contributed by atoms with Crippen molar-refractivity contribution in [2.75, 3.05) is 11.9 Å². The van der Waals surface area contributed by atoms with Crippen molar-refractivity contribution in [1.82, 2.24) is 14.8 Å². The molecule has 2 heterocycles. The number of pyridine rings is 1. The smallest absolute Gasteiger partial charge is 0.341 e. The van der Waals surface area contributed by atoms with E-state index in [0.29, 0.717) is 11.4 Å². The maximum Gasteiger partial charge on any atom is 0.341 e. The molecular formula is C13H13ClF2N4O2. The minimum atomic E-state index is -2.50. The zero-order chi connectivity index (χ0) is 16.1. The van der Waals surface area contributed by atoms with Crippen molar-refractivity contribution >= 4 is 28.9 Å². The second-order valence-corrected chi connectivity index (χ2v) is 4.63. The first-order valence-corrected chi connectivity index (χ1v) is 6.77. The van der Waals surface area contributed by atoms with Crippen LogP contribution < -0.4 is 5.32 Å². The van der Waals surface area contributed by atoms with Crippen LogP contribution in [0.5, 0.6) is 0 Å². The number of nitrogens with one attached hydrogen (secondary N) is 1. The molecule has 0 saturated heterocycles. The molecule has 2 aromatic heterocycles. The van der Waals surface area contributed by atoms with Crippen LogP contribution in [0.4, 0.5) is 20.2 Å². The maximum atomic E-state index is 12.3. The van der Waals surface area contributed by atoms with E-state index in [0.717, 1.165) is 4.68 Å². The molecular weight excluding hydrogens is 318 g/mol. The second kappa shape index (κ2) is 7.17. The zero-order valence-corrected chi connectivity index (χ0v) is 12.3. The number of carbonyl (C=O) groups is 1. The van der Waals surface area contributed by atoms with Crippen LogP contribution in [0, 0.1) is 0 Å². The first-order chi connectivity index (χ1) is 10.5. The Morgan fingerprint density at radius 1 is 1.50 bits per heavy atom. The summed E-state index contributed by atoms with van der Waals surface area (Å²) >= 11 is 5.82. The lowest BCUT2D eigenvalue weighted by molar-refractivity contribution is 0.0527. The Kier molecular flexibility index (Phi) is 5.26. The lowest BCUT2D eigenvalue weighted by Crippen LogP contribution is -2.08. The number of carbonyl (C=O) groups excluding carboxylic acids is 1. The first-order valence-electron chi connectivity index (χ1n) is 6.40.